The van der Waals surface area contributed by atoms with Gasteiger partial charge in [-0.25, -0.2) is 0 Å². The van der Waals surface area contributed by atoms with Crippen molar-refractivity contribution < 1.29 is 9.84 Å². The van der Waals surface area contributed by atoms with E-state index in [1.807, 2.05) is 6.92 Å². The third-order valence-electron chi connectivity index (χ3n) is 1.38. The van der Waals surface area contributed by atoms with Crippen LogP contribution < -0.4 is 5.32 Å². The Morgan fingerprint density at radius 1 is 1.58 bits per heavy atom. The summed E-state index contributed by atoms with van der Waals surface area (Å²) in [5.74, 6) is 1.08. The Morgan fingerprint density at radius 3 is 2.92 bits per heavy atom. The Balaban J connectivity index is 3.02. The summed E-state index contributed by atoms with van der Waals surface area (Å²) in [6, 6.07) is 0. The lowest BCUT2D eigenvalue weighted by Gasteiger charge is -2.10. The second kappa shape index (κ2) is 9.32. The number of ether oxygens (including phenoxy) is 1. The summed E-state index contributed by atoms with van der Waals surface area (Å²) in [6.45, 7) is 4.60. The normalized spacial score (nSPS) is 13.2. The van der Waals surface area contributed by atoms with Gasteiger partial charge in [-0.15, -0.1) is 0 Å². The average Bonchev–Trinajstić information content (AvgIpc) is 2.09. The van der Waals surface area contributed by atoms with E-state index < -0.39 is 0 Å². The van der Waals surface area contributed by atoms with Crippen LogP contribution in [0.5, 0.6) is 0 Å². The molecular weight excluding hydrogens is 174 g/mol. The first-order valence-corrected chi connectivity index (χ1v) is 5.66. The lowest BCUT2D eigenvalue weighted by atomic mass is 10.4. The van der Waals surface area contributed by atoms with Crippen LogP contribution in [0, 0.1) is 0 Å². The second-order valence-corrected chi connectivity index (χ2v) is 3.50. The van der Waals surface area contributed by atoms with Crippen LogP contribution in [0.3, 0.4) is 0 Å². The molecule has 0 aromatic carbocycles. The van der Waals surface area contributed by atoms with E-state index in [0.717, 1.165) is 12.3 Å². The van der Waals surface area contributed by atoms with E-state index in [4.69, 9.17) is 4.74 Å². The fourth-order valence-corrected chi connectivity index (χ4v) is 1.10. The molecule has 0 rings (SSSR count). The van der Waals surface area contributed by atoms with Crippen molar-refractivity contribution in [3.63, 3.8) is 0 Å². The average molecular weight is 193 g/mol. The zero-order valence-electron chi connectivity index (χ0n) is 7.88. The van der Waals surface area contributed by atoms with E-state index in [2.05, 4.69) is 11.6 Å². The van der Waals surface area contributed by atoms with E-state index in [1.165, 1.54) is 0 Å². The van der Waals surface area contributed by atoms with Gasteiger partial charge in [-0.05, 0) is 13.2 Å². The predicted octanol–water partition coefficient (Wildman–Crippen LogP) is 0.336. The molecule has 0 bridgehead atoms. The number of thioether (sulfide) groups is 1. The summed E-state index contributed by atoms with van der Waals surface area (Å²) in [7, 11) is 0. The Kier molecular flexibility index (Phi) is 9.50. The lowest BCUT2D eigenvalue weighted by molar-refractivity contribution is 0.0432. The van der Waals surface area contributed by atoms with Crippen molar-refractivity contribution in [2.75, 3.05) is 38.3 Å². The van der Waals surface area contributed by atoms with Gasteiger partial charge >= 0.3 is 0 Å². The summed E-state index contributed by atoms with van der Waals surface area (Å²) in [5.41, 5.74) is 0. The minimum Gasteiger partial charge on any atom is -0.389 e. The van der Waals surface area contributed by atoms with Crippen LogP contribution in [0.2, 0.25) is 0 Å². The van der Waals surface area contributed by atoms with Crippen LogP contribution in [0.15, 0.2) is 0 Å². The molecule has 0 aliphatic heterocycles. The Bertz CT molecular complexity index is 93.1. The summed E-state index contributed by atoms with van der Waals surface area (Å²) in [6.07, 6.45) is 1.70. The van der Waals surface area contributed by atoms with Crippen molar-refractivity contribution in [3.05, 3.63) is 0 Å². The summed E-state index contributed by atoms with van der Waals surface area (Å²) < 4.78 is 5.06. The second-order valence-electron chi connectivity index (χ2n) is 2.51. The van der Waals surface area contributed by atoms with Crippen molar-refractivity contribution in [2.24, 2.45) is 0 Å². The van der Waals surface area contributed by atoms with Gasteiger partial charge in [0.05, 0.1) is 12.7 Å². The fourth-order valence-electron chi connectivity index (χ4n) is 0.756. The smallest absolute Gasteiger partial charge is 0.0897 e. The Labute approximate surface area is 78.9 Å². The molecule has 4 heteroatoms. The molecule has 74 valence electrons. The zero-order chi connectivity index (χ0) is 9.23. The van der Waals surface area contributed by atoms with Gasteiger partial charge in [0.25, 0.3) is 0 Å². The van der Waals surface area contributed by atoms with Gasteiger partial charge in [-0.3, -0.25) is 0 Å². The van der Waals surface area contributed by atoms with Gasteiger partial charge in [0, 0.05) is 25.4 Å². The fraction of sp³-hybridized carbons (Fsp3) is 1.00. The van der Waals surface area contributed by atoms with Crippen molar-refractivity contribution in [1.82, 2.24) is 5.32 Å². The van der Waals surface area contributed by atoms with E-state index >= 15 is 0 Å². The Hall–Kier alpha value is 0.230. The molecule has 0 aromatic heterocycles. The van der Waals surface area contributed by atoms with Crippen LogP contribution in [0.25, 0.3) is 0 Å². The maximum absolute atomic E-state index is 9.29. The van der Waals surface area contributed by atoms with E-state index in [-0.39, 0.29) is 6.10 Å². The standard InChI is InChI=1S/C8H19NO2S/c1-3-11-7-8(10)6-9-4-5-12-2/h8-10H,3-7H2,1-2H3. The minimum absolute atomic E-state index is 0.369. The van der Waals surface area contributed by atoms with Crippen LogP contribution in [-0.2, 0) is 4.74 Å². The SMILES string of the molecule is CCOCC(O)CNCCSC. The van der Waals surface area contributed by atoms with Gasteiger partial charge in [-0.2, -0.15) is 11.8 Å². The number of aliphatic hydroxyl groups is 1. The van der Waals surface area contributed by atoms with Gasteiger partial charge in [0.15, 0.2) is 0 Å². The summed E-state index contributed by atoms with van der Waals surface area (Å²) in [4.78, 5) is 0. The van der Waals surface area contributed by atoms with Gasteiger partial charge in [0.1, 0.15) is 0 Å². The molecule has 0 saturated carbocycles. The molecule has 1 unspecified atom stereocenters. The molecule has 1 atom stereocenters. The number of hydrogen-bond donors (Lipinski definition) is 2. The first-order valence-electron chi connectivity index (χ1n) is 4.26. The first kappa shape index (κ1) is 12.2. The van der Waals surface area contributed by atoms with E-state index in [9.17, 15) is 5.11 Å². The lowest BCUT2D eigenvalue weighted by Crippen LogP contribution is -2.31. The molecule has 0 aliphatic rings. The number of hydrogen-bond acceptors (Lipinski definition) is 4. The third kappa shape index (κ3) is 8.33. The summed E-state index contributed by atoms with van der Waals surface area (Å²) in [5, 5.41) is 12.4. The molecule has 0 heterocycles. The Morgan fingerprint density at radius 2 is 2.33 bits per heavy atom. The highest BCUT2D eigenvalue weighted by atomic mass is 32.2. The predicted molar refractivity (Wildman–Crippen MR) is 53.8 cm³/mol. The third-order valence-corrected chi connectivity index (χ3v) is 1.99. The quantitative estimate of drug-likeness (QED) is 0.545. The molecule has 0 amide bonds. The maximum Gasteiger partial charge on any atom is 0.0897 e. The molecule has 2 N–H and O–H groups in total. The van der Waals surface area contributed by atoms with Gasteiger partial charge in [-0.1, -0.05) is 0 Å². The van der Waals surface area contributed by atoms with Crippen LogP contribution in [0.4, 0.5) is 0 Å². The molecule has 0 saturated heterocycles. The van der Waals surface area contributed by atoms with Crippen molar-refractivity contribution in [3.8, 4) is 0 Å². The largest absolute Gasteiger partial charge is 0.389 e. The highest BCUT2D eigenvalue weighted by molar-refractivity contribution is 7.98. The van der Waals surface area contributed by atoms with E-state index in [1.54, 1.807) is 11.8 Å². The highest BCUT2D eigenvalue weighted by Gasteiger charge is 2.01. The summed E-state index contributed by atoms with van der Waals surface area (Å²) >= 11 is 1.80. The van der Waals surface area contributed by atoms with Crippen LogP contribution >= 0.6 is 11.8 Å². The molecule has 0 fully saturated rings. The molecule has 0 aliphatic carbocycles. The zero-order valence-corrected chi connectivity index (χ0v) is 8.69. The number of nitrogens with one attached hydrogen (secondary N) is 1. The highest BCUT2D eigenvalue weighted by Crippen LogP contribution is 1.88. The van der Waals surface area contributed by atoms with Gasteiger partial charge < -0.3 is 15.2 Å². The van der Waals surface area contributed by atoms with Crippen molar-refractivity contribution >= 4 is 11.8 Å². The number of aliphatic hydroxyl groups excluding tert-OH is 1. The maximum atomic E-state index is 9.29. The minimum atomic E-state index is -0.369. The monoisotopic (exact) mass is 193 g/mol. The molecule has 3 nitrogen and oxygen atoms in total. The first-order chi connectivity index (χ1) is 5.81. The molecule has 0 spiro atoms. The van der Waals surface area contributed by atoms with Gasteiger partial charge in [0.2, 0.25) is 0 Å². The molecule has 0 radical (unpaired) electrons. The topological polar surface area (TPSA) is 41.5 Å². The van der Waals surface area contributed by atoms with Crippen LogP contribution in [-0.4, -0.2) is 49.5 Å². The van der Waals surface area contributed by atoms with Crippen molar-refractivity contribution in [1.29, 1.82) is 0 Å². The van der Waals surface area contributed by atoms with E-state index in [0.29, 0.717) is 19.8 Å². The molecular formula is C8H19NO2S. The number of rotatable bonds is 8. The van der Waals surface area contributed by atoms with Crippen LogP contribution in [0.1, 0.15) is 6.92 Å². The molecule has 0 aromatic rings. The molecule has 12 heavy (non-hydrogen) atoms. The van der Waals surface area contributed by atoms with Crippen molar-refractivity contribution in [2.45, 2.75) is 13.0 Å².